The second kappa shape index (κ2) is 9.42. The first-order valence-corrected chi connectivity index (χ1v) is 8.40. The standard InChI is InChI=1S/C19H23ClN2O3/c1-21-19(24)18(12-23)22(2)11-14-6-8-17(9-7-14)25-13-15-4-3-5-16(20)10-15/h3-10,18,23H,11-13H2,1-2H3,(H,21,24)/t18-/m0/s1. The van der Waals surface area contributed by atoms with Crippen LogP contribution in [-0.4, -0.2) is 42.7 Å². The van der Waals surface area contributed by atoms with Crippen LogP contribution in [0.25, 0.3) is 0 Å². The highest BCUT2D eigenvalue weighted by Gasteiger charge is 2.21. The predicted molar refractivity (Wildman–Crippen MR) is 98.6 cm³/mol. The molecule has 1 atom stereocenters. The molecule has 25 heavy (non-hydrogen) atoms. The molecule has 1 amide bonds. The summed E-state index contributed by atoms with van der Waals surface area (Å²) in [5.74, 6) is 0.558. The Kier molecular flexibility index (Phi) is 7.25. The van der Waals surface area contributed by atoms with Crippen LogP contribution in [-0.2, 0) is 17.9 Å². The summed E-state index contributed by atoms with van der Waals surface area (Å²) in [6.45, 7) is 0.771. The van der Waals surface area contributed by atoms with Gasteiger partial charge in [-0.3, -0.25) is 9.69 Å². The largest absolute Gasteiger partial charge is 0.489 e. The summed E-state index contributed by atoms with van der Waals surface area (Å²) in [5, 5.41) is 12.6. The number of benzene rings is 2. The van der Waals surface area contributed by atoms with Gasteiger partial charge in [0.25, 0.3) is 0 Å². The number of nitrogens with zero attached hydrogens (tertiary/aromatic N) is 1. The van der Waals surface area contributed by atoms with Gasteiger partial charge in [0.2, 0.25) is 5.91 Å². The number of aliphatic hydroxyl groups is 1. The Morgan fingerprint density at radius 2 is 1.96 bits per heavy atom. The van der Waals surface area contributed by atoms with Crippen molar-refractivity contribution in [3.8, 4) is 5.75 Å². The van der Waals surface area contributed by atoms with Crippen LogP contribution in [0.5, 0.6) is 5.75 Å². The molecule has 0 unspecified atom stereocenters. The van der Waals surface area contributed by atoms with Gasteiger partial charge >= 0.3 is 0 Å². The first-order valence-electron chi connectivity index (χ1n) is 8.02. The fourth-order valence-electron chi connectivity index (χ4n) is 2.47. The maximum absolute atomic E-state index is 11.7. The van der Waals surface area contributed by atoms with Crippen LogP contribution in [0.15, 0.2) is 48.5 Å². The number of hydrogen-bond donors (Lipinski definition) is 2. The van der Waals surface area contributed by atoms with E-state index in [4.69, 9.17) is 16.3 Å². The average Bonchev–Trinajstić information content (AvgIpc) is 2.61. The molecule has 0 aliphatic heterocycles. The highest BCUT2D eigenvalue weighted by Crippen LogP contribution is 2.17. The number of aliphatic hydroxyl groups excluding tert-OH is 1. The predicted octanol–water partition coefficient (Wildman–Crippen LogP) is 2.46. The summed E-state index contributed by atoms with van der Waals surface area (Å²) in [6, 6.07) is 14.7. The third-order valence-electron chi connectivity index (χ3n) is 3.90. The summed E-state index contributed by atoms with van der Waals surface area (Å²) in [5.41, 5.74) is 2.03. The van der Waals surface area contributed by atoms with Gasteiger partial charge in [-0.25, -0.2) is 0 Å². The molecular formula is C19H23ClN2O3. The molecule has 2 N–H and O–H groups in total. The van der Waals surface area contributed by atoms with Crippen molar-refractivity contribution in [2.75, 3.05) is 20.7 Å². The van der Waals surface area contributed by atoms with Crippen LogP contribution < -0.4 is 10.1 Å². The van der Waals surface area contributed by atoms with E-state index >= 15 is 0 Å². The Hall–Kier alpha value is -2.08. The Balaban J connectivity index is 1.92. The first kappa shape index (κ1) is 19.2. The van der Waals surface area contributed by atoms with Gasteiger partial charge in [0.1, 0.15) is 18.4 Å². The SMILES string of the molecule is CNC(=O)[C@H](CO)N(C)Cc1ccc(OCc2cccc(Cl)c2)cc1. The zero-order valence-corrected chi connectivity index (χ0v) is 15.2. The first-order chi connectivity index (χ1) is 12.0. The smallest absolute Gasteiger partial charge is 0.239 e. The van der Waals surface area contributed by atoms with E-state index < -0.39 is 6.04 Å². The molecule has 0 heterocycles. The number of likely N-dealkylation sites (N-methyl/N-ethyl adjacent to an activating group) is 2. The minimum Gasteiger partial charge on any atom is -0.489 e. The summed E-state index contributed by atoms with van der Waals surface area (Å²) in [6.07, 6.45) is 0. The van der Waals surface area contributed by atoms with Crippen molar-refractivity contribution in [1.29, 1.82) is 0 Å². The van der Waals surface area contributed by atoms with Gasteiger partial charge < -0.3 is 15.2 Å². The van der Waals surface area contributed by atoms with Gasteiger partial charge in [-0.2, -0.15) is 0 Å². The molecule has 0 fully saturated rings. The molecule has 134 valence electrons. The third-order valence-corrected chi connectivity index (χ3v) is 4.14. The number of rotatable bonds is 8. The summed E-state index contributed by atoms with van der Waals surface area (Å²) in [4.78, 5) is 13.5. The van der Waals surface area contributed by atoms with Gasteiger partial charge in [0.05, 0.1) is 6.61 Å². The van der Waals surface area contributed by atoms with Crippen molar-refractivity contribution in [2.24, 2.45) is 0 Å². The molecule has 0 aliphatic rings. The van der Waals surface area contributed by atoms with Crippen molar-refractivity contribution in [3.63, 3.8) is 0 Å². The van der Waals surface area contributed by atoms with Crippen LogP contribution in [0.3, 0.4) is 0 Å². The Bertz CT molecular complexity index is 691. The normalized spacial score (nSPS) is 12.0. The summed E-state index contributed by atoms with van der Waals surface area (Å²) < 4.78 is 5.75. The zero-order valence-electron chi connectivity index (χ0n) is 14.4. The van der Waals surface area contributed by atoms with E-state index in [9.17, 15) is 9.90 Å². The molecule has 0 bridgehead atoms. The lowest BCUT2D eigenvalue weighted by molar-refractivity contribution is -0.127. The lowest BCUT2D eigenvalue weighted by Gasteiger charge is -2.25. The van der Waals surface area contributed by atoms with Crippen LogP contribution >= 0.6 is 11.6 Å². The highest BCUT2D eigenvalue weighted by atomic mass is 35.5. The van der Waals surface area contributed by atoms with E-state index in [0.717, 1.165) is 16.9 Å². The molecule has 2 aromatic rings. The number of carbonyl (C=O) groups excluding carboxylic acids is 1. The molecule has 5 nitrogen and oxygen atoms in total. The molecule has 2 aromatic carbocycles. The number of ether oxygens (including phenoxy) is 1. The lowest BCUT2D eigenvalue weighted by Crippen LogP contribution is -2.46. The number of hydrogen-bond acceptors (Lipinski definition) is 4. The van der Waals surface area contributed by atoms with Crippen LogP contribution in [0.2, 0.25) is 5.02 Å². The van der Waals surface area contributed by atoms with Crippen molar-refractivity contribution in [2.45, 2.75) is 19.2 Å². The molecule has 0 saturated carbocycles. The van der Waals surface area contributed by atoms with Crippen molar-refractivity contribution >= 4 is 17.5 Å². The Morgan fingerprint density at radius 3 is 2.56 bits per heavy atom. The van der Waals surface area contributed by atoms with Gasteiger partial charge in [-0.15, -0.1) is 0 Å². The highest BCUT2D eigenvalue weighted by molar-refractivity contribution is 6.30. The molecule has 0 radical (unpaired) electrons. The second-order valence-electron chi connectivity index (χ2n) is 5.79. The zero-order chi connectivity index (χ0) is 18.2. The van der Waals surface area contributed by atoms with Crippen molar-refractivity contribution in [3.05, 3.63) is 64.7 Å². The van der Waals surface area contributed by atoms with E-state index in [0.29, 0.717) is 18.2 Å². The van der Waals surface area contributed by atoms with Crippen molar-refractivity contribution in [1.82, 2.24) is 10.2 Å². The molecule has 0 spiro atoms. The molecule has 0 aliphatic carbocycles. The topological polar surface area (TPSA) is 61.8 Å². The molecule has 0 aromatic heterocycles. The summed E-state index contributed by atoms with van der Waals surface area (Å²) in [7, 11) is 3.37. The monoisotopic (exact) mass is 362 g/mol. The second-order valence-corrected chi connectivity index (χ2v) is 6.23. The van der Waals surface area contributed by atoms with Crippen LogP contribution in [0, 0.1) is 0 Å². The summed E-state index contributed by atoms with van der Waals surface area (Å²) >= 11 is 5.96. The Morgan fingerprint density at radius 1 is 1.24 bits per heavy atom. The minimum absolute atomic E-state index is 0.202. The van der Waals surface area contributed by atoms with Crippen LogP contribution in [0.1, 0.15) is 11.1 Å². The van der Waals surface area contributed by atoms with Gasteiger partial charge in [0.15, 0.2) is 0 Å². The number of nitrogens with one attached hydrogen (secondary N) is 1. The molecule has 6 heteroatoms. The third kappa shape index (κ3) is 5.74. The van der Waals surface area contributed by atoms with Gasteiger partial charge in [-0.1, -0.05) is 35.9 Å². The van der Waals surface area contributed by atoms with Gasteiger partial charge in [-0.05, 0) is 42.4 Å². The number of amides is 1. The lowest BCUT2D eigenvalue weighted by atomic mass is 10.1. The van der Waals surface area contributed by atoms with Crippen molar-refractivity contribution < 1.29 is 14.6 Å². The van der Waals surface area contributed by atoms with Gasteiger partial charge in [0, 0.05) is 18.6 Å². The van der Waals surface area contributed by atoms with E-state index in [1.165, 1.54) is 0 Å². The van der Waals surface area contributed by atoms with E-state index in [-0.39, 0.29) is 12.5 Å². The quantitative estimate of drug-likeness (QED) is 0.757. The molecular weight excluding hydrogens is 340 g/mol. The maximum atomic E-state index is 11.7. The Labute approximate surface area is 153 Å². The minimum atomic E-state index is -0.566. The van der Waals surface area contributed by atoms with Crippen LogP contribution in [0.4, 0.5) is 0 Å². The van der Waals surface area contributed by atoms with E-state index in [2.05, 4.69) is 5.32 Å². The number of halogens is 1. The fourth-order valence-corrected chi connectivity index (χ4v) is 2.68. The van der Waals surface area contributed by atoms with E-state index in [1.54, 1.807) is 19.0 Å². The molecule has 2 rings (SSSR count). The fraction of sp³-hybridized carbons (Fsp3) is 0.316. The number of carbonyl (C=O) groups is 1. The maximum Gasteiger partial charge on any atom is 0.239 e. The molecule has 0 saturated heterocycles. The average molecular weight is 363 g/mol. The van der Waals surface area contributed by atoms with E-state index in [1.807, 2.05) is 48.5 Å².